The second-order valence-corrected chi connectivity index (χ2v) is 9.00. The Kier molecular flexibility index (Phi) is 7.52. The Morgan fingerprint density at radius 2 is 1.48 bits per heavy atom. The Hall–Kier alpha value is -1.51. The molecule has 0 aliphatic rings. The first kappa shape index (κ1) is 21.5. The molecule has 0 bridgehead atoms. The second kappa shape index (κ2) is 8.73. The van der Waals surface area contributed by atoms with Crippen LogP contribution in [0.2, 0.25) is 0 Å². The smallest absolute Gasteiger partial charge is 0.310 e. The minimum atomic E-state index is -0.193. The fourth-order valence-electron chi connectivity index (χ4n) is 2.87. The molecule has 0 spiro atoms. The zero-order valence-electron chi connectivity index (χ0n) is 17.2. The largest absolute Gasteiger partial charge is 0.507 e. The van der Waals surface area contributed by atoms with Crippen molar-refractivity contribution in [1.82, 2.24) is 0 Å². The molecule has 3 nitrogen and oxygen atoms in total. The van der Waals surface area contributed by atoms with Crippen LogP contribution in [0.15, 0.2) is 12.1 Å². The van der Waals surface area contributed by atoms with Crippen LogP contribution in [0, 0.1) is 0 Å². The molecular weight excluding hydrogens is 312 g/mol. The van der Waals surface area contributed by atoms with Crippen molar-refractivity contribution in [2.75, 3.05) is 6.61 Å². The number of rotatable bonds is 7. The van der Waals surface area contributed by atoms with Crippen LogP contribution in [-0.4, -0.2) is 17.7 Å². The van der Waals surface area contributed by atoms with E-state index in [0.717, 1.165) is 29.5 Å². The van der Waals surface area contributed by atoms with Crippen LogP contribution in [0.3, 0.4) is 0 Å². The van der Waals surface area contributed by atoms with E-state index in [2.05, 4.69) is 48.5 Å². The van der Waals surface area contributed by atoms with Crippen molar-refractivity contribution >= 4 is 5.97 Å². The molecule has 0 fully saturated rings. The highest BCUT2D eigenvalue weighted by atomic mass is 16.5. The molecule has 0 radical (unpaired) electrons. The molecule has 1 aromatic rings. The van der Waals surface area contributed by atoms with Gasteiger partial charge in [0.1, 0.15) is 5.75 Å². The lowest BCUT2D eigenvalue weighted by atomic mass is 9.78. The fraction of sp³-hybridized carbons (Fsp3) is 0.682. The number of aromatic hydroxyl groups is 1. The van der Waals surface area contributed by atoms with Crippen molar-refractivity contribution in [3.63, 3.8) is 0 Å². The average Bonchev–Trinajstić information content (AvgIpc) is 2.46. The van der Waals surface area contributed by atoms with E-state index < -0.39 is 0 Å². The van der Waals surface area contributed by atoms with E-state index in [1.807, 2.05) is 12.1 Å². The number of hydrogen-bond donors (Lipinski definition) is 1. The third-order valence-electron chi connectivity index (χ3n) is 4.40. The lowest BCUT2D eigenvalue weighted by Gasteiger charge is -2.28. The van der Waals surface area contributed by atoms with Crippen LogP contribution in [0.1, 0.15) is 90.8 Å². The first-order valence-corrected chi connectivity index (χ1v) is 9.49. The molecule has 3 heteroatoms. The van der Waals surface area contributed by atoms with Crippen LogP contribution in [-0.2, 0) is 26.8 Å². The van der Waals surface area contributed by atoms with Crippen molar-refractivity contribution in [3.05, 3.63) is 28.8 Å². The zero-order chi connectivity index (χ0) is 19.3. The first-order chi connectivity index (χ1) is 11.5. The highest BCUT2D eigenvalue weighted by Crippen LogP contribution is 2.39. The van der Waals surface area contributed by atoms with Crippen LogP contribution in [0.25, 0.3) is 0 Å². The fourth-order valence-corrected chi connectivity index (χ4v) is 2.87. The molecule has 25 heavy (non-hydrogen) atoms. The number of ether oxygens (including phenoxy) is 1. The third kappa shape index (κ3) is 6.72. The van der Waals surface area contributed by atoms with Gasteiger partial charge in [-0.15, -0.1) is 0 Å². The number of carbonyl (C=O) groups is 1. The number of carbonyl (C=O) groups excluding carboxylic acids is 1. The van der Waals surface area contributed by atoms with Gasteiger partial charge in [0.2, 0.25) is 0 Å². The summed E-state index contributed by atoms with van der Waals surface area (Å²) in [5.74, 6) is 0.151. The predicted octanol–water partition coefficient (Wildman–Crippen LogP) is 5.65. The quantitative estimate of drug-likeness (QED) is 0.511. The van der Waals surface area contributed by atoms with E-state index in [9.17, 15) is 9.90 Å². The van der Waals surface area contributed by atoms with Crippen molar-refractivity contribution in [1.29, 1.82) is 0 Å². The SMILES string of the molecule is CCCCCCOC(=O)Cc1cc(C(C)(C)C)c(O)c(C(C)(C)C)c1. The summed E-state index contributed by atoms with van der Waals surface area (Å²) in [6.07, 6.45) is 4.63. The van der Waals surface area contributed by atoms with Gasteiger partial charge in [0.05, 0.1) is 13.0 Å². The van der Waals surface area contributed by atoms with E-state index in [4.69, 9.17) is 4.74 Å². The third-order valence-corrected chi connectivity index (χ3v) is 4.40. The topological polar surface area (TPSA) is 46.5 Å². The molecule has 0 aromatic heterocycles. The molecule has 0 aliphatic heterocycles. The van der Waals surface area contributed by atoms with Crippen molar-refractivity contribution in [2.45, 2.75) is 91.4 Å². The van der Waals surface area contributed by atoms with Gasteiger partial charge in [-0.2, -0.15) is 0 Å². The molecule has 0 aliphatic carbocycles. The summed E-state index contributed by atoms with van der Waals surface area (Å²) in [5, 5.41) is 10.7. The number of unbranched alkanes of at least 4 members (excludes halogenated alkanes) is 3. The summed E-state index contributed by atoms with van der Waals surface area (Å²) in [4.78, 5) is 12.2. The summed E-state index contributed by atoms with van der Waals surface area (Å²) in [6.45, 7) is 15.1. The number of phenolic OH excluding ortho intramolecular Hbond substituents is 1. The van der Waals surface area contributed by atoms with Gasteiger partial charge in [-0.25, -0.2) is 0 Å². The Morgan fingerprint density at radius 1 is 0.960 bits per heavy atom. The first-order valence-electron chi connectivity index (χ1n) is 9.49. The van der Waals surface area contributed by atoms with E-state index in [0.29, 0.717) is 12.4 Å². The molecule has 0 amide bonds. The molecule has 1 rings (SSSR count). The number of esters is 1. The Balaban J connectivity index is 2.94. The van der Waals surface area contributed by atoms with Gasteiger partial charge in [-0.05, 0) is 33.9 Å². The van der Waals surface area contributed by atoms with Gasteiger partial charge in [0, 0.05) is 0 Å². The molecule has 1 N–H and O–H groups in total. The number of phenols is 1. The maximum Gasteiger partial charge on any atom is 0.310 e. The summed E-state index contributed by atoms with van der Waals surface area (Å²) in [6, 6.07) is 3.89. The summed E-state index contributed by atoms with van der Waals surface area (Å²) >= 11 is 0. The van der Waals surface area contributed by atoms with Crippen LogP contribution >= 0.6 is 0 Å². The van der Waals surface area contributed by atoms with Gasteiger partial charge < -0.3 is 9.84 Å². The van der Waals surface area contributed by atoms with Gasteiger partial charge in [-0.1, -0.05) is 79.9 Å². The summed E-state index contributed by atoms with van der Waals surface area (Å²) in [7, 11) is 0. The average molecular weight is 349 g/mol. The lowest BCUT2D eigenvalue weighted by molar-refractivity contribution is -0.142. The highest BCUT2D eigenvalue weighted by molar-refractivity contribution is 5.73. The lowest BCUT2D eigenvalue weighted by Crippen LogP contribution is -2.19. The van der Waals surface area contributed by atoms with Gasteiger partial charge in [0.15, 0.2) is 0 Å². The Labute approximate surface area is 153 Å². The summed E-state index contributed by atoms with van der Waals surface area (Å²) in [5.41, 5.74) is 2.29. The van der Waals surface area contributed by atoms with Crippen molar-refractivity contribution in [3.8, 4) is 5.75 Å². The maximum atomic E-state index is 12.2. The van der Waals surface area contributed by atoms with Gasteiger partial charge in [0.25, 0.3) is 0 Å². The van der Waals surface area contributed by atoms with Crippen LogP contribution < -0.4 is 0 Å². The molecule has 0 unspecified atom stereocenters. The van der Waals surface area contributed by atoms with E-state index in [1.165, 1.54) is 12.8 Å². The Morgan fingerprint density at radius 3 is 1.92 bits per heavy atom. The van der Waals surface area contributed by atoms with Gasteiger partial charge >= 0.3 is 5.97 Å². The van der Waals surface area contributed by atoms with Gasteiger partial charge in [-0.3, -0.25) is 4.79 Å². The second-order valence-electron chi connectivity index (χ2n) is 9.00. The molecule has 0 atom stereocenters. The van der Waals surface area contributed by atoms with E-state index >= 15 is 0 Å². The molecule has 142 valence electrons. The predicted molar refractivity (Wildman–Crippen MR) is 104 cm³/mol. The summed E-state index contributed by atoms with van der Waals surface area (Å²) < 4.78 is 5.37. The monoisotopic (exact) mass is 348 g/mol. The number of benzene rings is 1. The maximum absolute atomic E-state index is 12.2. The van der Waals surface area contributed by atoms with Crippen LogP contribution in [0.5, 0.6) is 5.75 Å². The molecule has 0 saturated carbocycles. The Bertz CT molecular complexity index is 539. The van der Waals surface area contributed by atoms with E-state index in [1.54, 1.807) is 0 Å². The van der Waals surface area contributed by atoms with Crippen LogP contribution in [0.4, 0.5) is 0 Å². The molecular formula is C22H36O3. The van der Waals surface area contributed by atoms with E-state index in [-0.39, 0.29) is 23.2 Å². The highest BCUT2D eigenvalue weighted by Gasteiger charge is 2.26. The molecule has 0 heterocycles. The molecule has 0 saturated heterocycles. The standard InChI is InChI=1S/C22H36O3/c1-8-9-10-11-12-25-19(23)15-16-13-17(21(2,3)4)20(24)18(14-16)22(5,6)7/h13-14,24H,8-12,15H2,1-7H3. The zero-order valence-corrected chi connectivity index (χ0v) is 17.2. The molecule has 1 aromatic carbocycles. The minimum Gasteiger partial charge on any atom is -0.507 e. The van der Waals surface area contributed by atoms with Crippen molar-refractivity contribution < 1.29 is 14.6 Å². The van der Waals surface area contributed by atoms with Crippen molar-refractivity contribution in [2.24, 2.45) is 0 Å². The normalized spacial score (nSPS) is 12.3. The minimum absolute atomic E-state index is 0.190. The number of hydrogen-bond acceptors (Lipinski definition) is 3.